The molecule has 10 rings (SSSR count). The van der Waals surface area contributed by atoms with E-state index in [0.29, 0.717) is 66.6 Å². The molecule has 0 bridgehead atoms. The molecule has 5 aliphatic heterocycles. The van der Waals surface area contributed by atoms with Gasteiger partial charge in [-0.3, -0.25) is 67.0 Å². The number of ketones is 2. The molecule has 0 aromatic carbocycles. The van der Waals surface area contributed by atoms with Gasteiger partial charge in [0.15, 0.2) is 29.7 Å². The first-order chi connectivity index (χ1) is 56.9. The number of Topliss-reactive ketones (excluding diaryl/α,β-unsaturated/α-hetero) is 2. The van der Waals surface area contributed by atoms with Gasteiger partial charge in [0, 0.05) is 80.1 Å². The summed E-state index contributed by atoms with van der Waals surface area (Å²) >= 11 is 7.90. The minimum absolute atomic E-state index is 0.0911. The summed E-state index contributed by atoms with van der Waals surface area (Å²) in [6, 6.07) is 0. The molecule has 45 heteroatoms. The number of carbonyl (C=O) groups excluding carboxylic acids is 2. The molecule has 16 N–H and O–H groups in total. The van der Waals surface area contributed by atoms with E-state index in [-0.39, 0.29) is 58.0 Å². The number of methoxy groups -OCH3 is 1. The van der Waals surface area contributed by atoms with E-state index in [0.717, 1.165) is 39.9 Å². The number of aliphatic hydroxyl groups is 9. The van der Waals surface area contributed by atoms with Crippen LogP contribution >= 0.6 is 46.6 Å². The number of carbonyl (C=O) groups is 2. The molecule has 0 aliphatic carbocycles. The summed E-state index contributed by atoms with van der Waals surface area (Å²) in [7, 11) is 6.58. The molecule has 0 spiro atoms. The molecule has 5 saturated heterocycles. The molecule has 0 amide bonds. The number of aromatic amines is 4. The Hall–Kier alpha value is -5.34. The molecule has 693 valence electrons. The first-order valence-corrected chi connectivity index (χ1v) is 56.4. The van der Waals surface area contributed by atoms with Crippen LogP contribution in [-0.4, -0.2) is 370 Å². The fraction of sp³-hybridized carbons (Fsp3) is 0.654. The number of nitrogens with one attached hydrogen (secondary N) is 7. The van der Waals surface area contributed by atoms with Crippen molar-refractivity contribution in [2.75, 3.05) is 126 Å². The predicted octanol–water partition coefficient (Wildman–Crippen LogP) is -2.78. The van der Waals surface area contributed by atoms with Crippen molar-refractivity contribution >= 4 is 110 Å². The van der Waals surface area contributed by atoms with Gasteiger partial charge in [0.2, 0.25) is 0 Å². The van der Waals surface area contributed by atoms with Gasteiger partial charge in [0.25, 0.3) is 22.2 Å². The third-order valence-corrected chi connectivity index (χ3v) is 28.8. The van der Waals surface area contributed by atoms with E-state index in [1.807, 2.05) is 0 Å². The second kappa shape index (κ2) is 45.8. The molecule has 0 unspecified atom stereocenters. The molecule has 5 fully saturated rings. The van der Waals surface area contributed by atoms with Gasteiger partial charge < -0.3 is 70.1 Å². The number of ether oxygens (including phenoxy) is 6. The quantitative estimate of drug-likeness (QED) is 0.0121. The summed E-state index contributed by atoms with van der Waals surface area (Å²) in [6.07, 6.45) is 16.6. The van der Waals surface area contributed by atoms with Crippen LogP contribution in [0.1, 0.15) is 105 Å². The first kappa shape index (κ1) is 106. The zero-order valence-corrected chi connectivity index (χ0v) is 79.9. The van der Waals surface area contributed by atoms with E-state index in [2.05, 4.69) is 155 Å². The van der Waals surface area contributed by atoms with Crippen molar-refractivity contribution in [1.29, 1.82) is 0 Å². The average Bonchev–Trinajstić information content (AvgIpc) is 1.69. The summed E-state index contributed by atoms with van der Waals surface area (Å²) < 4.78 is 41.3. The predicted molar refractivity (Wildman–Crippen MR) is 492 cm³/mol. The van der Waals surface area contributed by atoms with Gasteiger partial charge in [0.1, 0.15) is 60.4 Å². The maximum absolute atomic E-state index is 12.3. The van der Waals surface area contributed by atoms with Crippen LogP contribution in [0.25, 0.3) is 0 Å². The number of H-pyrrole nitrogens is 4. The third-order valence-electron chi connectivity index (χ3n) is 20.5. The Morgan fingerprint density at radius 3 is 0.976 bits per heavy atom. The van der Waals surface area contributed by atoms with Crippen molar-refractivity contribution in [1.82, 2.24) is 63.7 Å². The minimum atomic E-state index is -1.32. The Labute approximate surface area is 727 Å². The standard InChI is InChI=1S/C17H27N2O6P.C16H25N2O6P.C15H26N3O5P.C15H26N3O4PS.C15H25N3O4PSe/c1-10(20)8-11-9-19(17(23)18-15(11)22)16-14(24-2)13(21)12(25-16)6-7-26(3,4)5;1-9(19)7-10-8-18(16(23)17-14(10)22)15-13(21)12(20)11(24-15)5-6-25(2,3)4;1-16-7-9-8-18(15(22)17-13(9)21)14-12(20)11(19)10(23-14)5-6-24(2,3)4;2*1-16-7-9-8-18(15(24)17-13(9)21)14-12(20)11(19)10(22-14)5-6-23(2,3)4/h9,12-14,16,21H,3,6-8H2,1-2,4-5H3,(H,18,22,23);8,11-13,15,20-21H,2,5-7H2,1,3-4H3,(H,17,22,23);8,10-12,14,16,19-20H,2,5-7H2,1,3-4H3,(H,17,21,22);8,10-12,14,16,19-20H,2,5-7H2,1,3-4H3,(H,17,21,24);8,10-12,14,16,19-20H,2,5-7H2,1,3-4H3/t12-,13-,14-,16-;11-,12-,13-,15-;3*10-,11-,12-,14-/m11111/s1. The zero-order valence-electron chi connectivity index (χ0n) is 72.9. The van der Waals surface area contributed by atoms with Crippen LogP contribution in [0.5, 0.6) is 0 Å². The molecule has 10 heterocycles. The summed E-state index contributed by atoms with van der Waals surface area (Å²) in [4.78, 5) is 131. The molecule has 1 radical (unpaired) electrons. The van der Waals surface area contributed by atoms with E-state index in [9.17, 15) is 93.9 Å². The second-order valence-corrected chi connectivity index (χ2v) is 57.8. The van der Waals surface area contributed by atoms with Crippen LogP contribution in [0, 0.1) is 4.77 Å². The van der Waals surface area contributed by atoms with E-state index in [1.54, 1.807) is 38.1 Å². The Morgan fingerprint density at radius 2 is 0.667 bits per heavy atom. The monoisotopic (exact) mass is 1910 g/mol. The van der Waals surface area contributed by atoms with Gasteiger partial charge in [0.05, 0.1) is 24.4 Å². The topological polar surface area (TPSA) is 545 Å². The fourth-order valence-corrected chi connectivity index (χ4v) is 19.4. The van der Waals surface area contributed by atoms with Crippen LogP contribution in [0.2, 0.25) is 0 Å². The average molecular weight is 1910 g/mol. The zero-order chi connectivity index (χ0) is 92.8. The van der Waals surface area contributed by atoms with Crippen LogP contribution in [0.3, 0.4) is 0 Å². The number of aliphatic hydroxyl groups excluding tert-OH is 9. The Kier molecular flexibility index (Phi) is 39.6. The van der Waals surface area contributed by atoms with Crippen molar-refractivity contribution in [3.8, 4) is 0 Å². The van der Waals surface area contributed by atoms with Gasteiger partial charge in [-0.25, -0.2) is 14.4 Å². The van der Waals surface area contributed by atoms with Crippen molar-refractivity contribution < 1.29 is 84.0 Å². The maximum atomic E-state index is 12.3. The second-order valence-electron chi connectivity index (χ2n) is 35.1. The van der Waals surface area contributed by atoms with Crippen molar-refractivity contribution in [2.24, 2.45) is 0 Å². The molecular formula is C78H129N13O25P5SSe. The molecule has 20 atom stereocenters. The molecule has 123 heavy (non-hydrogen) atoms. The normalized spacial score (nSPS) is 27.1. The van der Waals surface area contributed by atoms with Crippen LogP contribution < -0.4 is 65.5 Å². The fourth-order valence-electron chi connectivity index (χ4n) is 13.9. The SMILES string of the molecule is C=P(C)(C)CC[C@H]1O[C@@H](n2cc(CC(C)=O)c(=O)[nH]c2=O)[C@H](O)[C@@H]1O.C=P(C)(C)CC[C@H]1O[C@@H](n2cc(CC(C)=O)c(=O)[nH]c2=O)[C@H](OC)[C@@H]1O.C=P(C)(C)CC[C@H]1O[C@@H](n2cc(CNC)c(=O)[nH]c2=O)[C@H](O)[C@@H]1O.C=P(C)(C)CC[C@H]1O[C@@H](n2cc(CNC)c(=O)[nH]c2=S)[C@H](O)[C@@H]1O.C=P(C)(C)CC[C@H]1O[C@@H](n2cc(CNC)c(=O)nc2[Se])[C@H](O)[C@@H]1O. The Bertz CT molecular complexity index is 5170. The Balaban J connectivity index is 0.000000238. The van der Waals surface area contributed by atoms with Gasteiger partial charge in [-0.1, -0.05) is 0 Å². The van der Waals surface area contributed by atoms with Gasteiger partial charge in [-0.05, 0) is 144 Å². The summed E-state index contributed by atoms with van der Waals surface area (Å²) in [5.41, 5.74) is -2.91. The number of hydrogen-bond donors (Lipinski definition) is 16. The summed E-state index contributed by atoms with van der Waals surface area (Å²) in [5, 5.41) is 102. The number of nitrogens with zero attached hydrogens (tertiary/aromatic N) is 6. The van der Waals surface area contributed by atoms with E-state index >= 15 is 0 Å². The van der Waals surface area contributed by atoms with E-state index in [4.69, 9.17) is 40.6 Å². The molecular weight excluding hydrogens is 1780 g/mol. The number of rotatable bonds is 31. The van der Waals surface area contributed by atoms with Gasteiger partial charge >= 0.3 is 167 Å². The van der Waals surface area contributed by atoms with E-state index in [1.165, 1.54) is 48.7 Å². The van der Waals surface area contributed by atoms with Crippen molar-refractivity contribution in [2.45, 2.75) is 201 Å². The van der Waals surface area contributed by atoms with Gasteiger partial charge in [-0.2, -0.15) is 0 Å². The van der Waals surface area contributed by atoms with Gasteiger partial charge in [-0.15, -0.1) is 52.7 Å². The van der Waals surface area contributed by atoms with Crippen LogP contribution in [0.15, 0.2) is 69.3 Å². The molecule has 38 nitrogen and oxygen atoms in total. The van der Waals surface area contributed by atoms with E-state index < -0.39 is 191 Å². The molecule has 0 saturated carbocycles. The molecule has 5 aromatic heterocycles. The first-order valence-electron chi connectivity index (χ1n) is 39.8. The van der Waals surface area contributed by atoms with Crippen molar-refractivity contribution in [3.63, 3.8) is 0 Å². The number of hydrogen-bond acceptors (Lipinski definition) is 30. The summed E-state index contributed by atoms with van der Waals surface area (Å²) in [6.45, 7) is 18.3. The molecule has 5 aromatic rings. The van der Waals surface area contributed by atoms with Crippen LogP contribution in [-0.2, 0) is 70.5 Å². The Morgan fingerprint density at radius 1 is 0.415 bits per heavy atom. The van der Waals surface area contributed by atoms with Crippen LogP contribution in [0.4, 0.5) is 0 Å². The third kappa shape index (κ3) is 30.7. The number of aromatic nitrogens is 10. The summed E-state index contributed by atoms with van der Waals surface area (Å²) in [5.74, 6) is -0.431. The van der Waals surface area contributed by atoms with Crippen molar-refractivity contribution in [3.05, 3.63) is 147 Å². The molecule has 5 aliphatic rings.